The van der Waals surface area contributed by atoms with Crippen molar-refractivity contribution in [1.29, 1.82) is 0 Å². The highest BCUT2D eigenvalue weighted by Crippen LogP contribution is 2.27. The van der Waals surface area contributed by atoms with Gasteiger partial charge in [-0.1, -0.05) is 61.5 Å². The maximum Gasteiger partial charge on any atom is 0.321 e. The lowest BCUT2D eigenvalue weighted by Crippen LogP contribution is -2.57. The average molecular weight is 1210 g/mol. The molecule has 87 heavy (non-hydrogen) atoms. The van der Waals surface area contributed by atoms with Gasteiger partial charge < -0.3 is 62.9 Å². The van der Waals surface area contributed by atoms with E-state index < -0.39 is 53.9 Å². The van der Waals surface area contributed by atoms with Gasteiger partial charge in [0.2, 0.25) is 23.6 Å². The first-order valence-corrected chi connectivity index (χ1v) is 29.5. The lowest BCUT2D eigenvalue weighted by Gasteiger charge is -2.38. The fraction of sp³-hybridized carbons (Fsp3) is 0.525. The number of carbonyl (C=O) groups excluding carboxylic acids is 6. The number of nitrogens with two attached hydrogens (primary N) is 1. The van der Waals surface area contributed by atoms with E-state index in [0.29, 0.717) is 82.5 Å². The van der Waals surface area contributed by atoms with Crippen LogP contribution in [-0.4, -0.2) is 247 Å². The molecule has 0 radical (unpaired) electrons. The summed E-state index contributed by atoms with van der Waals surface area (Å²) in [6.07, 6.45) is 2.78. The fourth-order valence-electron chi connectivity index (χ4n) is 10.00. The van der Waals surface area contributed by atoms with Crippen LogP contribution in [0.5, 0.6) is 5.75 Å². The predicted octanol–water partition coefficient (Wildman–Crippen LogP) is -0.782. The molecule has 2 saturated heterocycles. The van der Waals surface area contributed by atoms with Crippen molar-refractivity contribution < 1.29 is 63.6 Å². The van der Waals surface area contributed by atoms with Crippen LogP contribution in [0.4, 0.5) is 10.5 Å². The first-order valence-electron chi connectivity index (χ1n) is 29.5. The molecule has 28 heteroatoms. The van der Waals surface area contributed by atoms with Crippen molar-refractivity contribution in [2.45, 2.75) is 76.2 Å². The van der Waals surface area contributed by atoms with E-state index in [1.807, 2.05) is 59.5 Å². The summed E-state index contributed by atoms with van der Waals surface area (Å²) in [6.45, 7) is 6.14. The lowest BCUT2D eigenvalue weighted by atomic mass is 9.90. The Morgan fingerprint density at radius 2 is 1.17 bits per heavy atom. The number of carboxylic acids is 3. The Kier molecular flexibility index (Phi) is 30.4. The summed E-state index contributed by atoms with van der Waals surface area (Å²) >= 11 is 0. The number of phenolic OH excluding ortho intramolecular Hbond substituents is 1. The van der Waals surface area contributed by atoms with Crippen molar-refractivity contribution in [2.24, 2.45) is 10.7 Å². The molecule has 28 nitrogen and oxygen atoms in total. The van der Waals surface area contributed by atoms with Gasteiger partial charge in [-0.2, -0.15) is 0 Å². The van der Waals surface area contributed by atoms with Gasteiger partial charge in [0.15, 0.2) is 12.2 Å². The summed E-state index contributed by atoms with van der Waals surface area (Å²) in [5.41, 5.74) is 8.84. The molecule has 0 bridgehead atoms. The maximum atomic E-state index is 14.4. The number of aromatic hydroxyl groups is 1. The van der Waals surface area contributed by atoms with Crippen molar-refractivity contribution in [3.8, 4) is 5.75 Å². The second kappa shape index (κ2) is 38.0. The number of hydrogen-bond donors (Lipinski definition) is 13. The van der Waals surface area contributed by atoms with Gasteiger partial charge in [0.25, 0.3) is 0 Å². The quantitative estimate of drug-likeness (QED) is 0.0158. The molecule has 3 aromatic carbocycles. The Labute approximate surface area is 507 Å². The van der Waals surface area contributed by atoms with Crippen molar-refractivity contribution in [2.75, 3.05) is 130 Å². The number of amides is 6. The van der Waals surface area contributed by atoms with Gasteiger partial charge in [-0.3, -0.25) is 73.7 Å². The number of urea groups is 1. The smallest absolute Gasteiger partial charge is 0.321 e. The number of anilines is 1. The number of benzene rings is 3. The van der Waals surface area contributed by atoms with E-state index in [1.54, 1.807) is 33.8 Å². The molecule has 2 aliphatic rings. The number of nitrogens with zero attached hydrogens (tertiary/aromatic N) is 6. The summed E-state index contributed by atoms with van der Waals surface area (Å²) in [4.78, 5) is 126. The largest absolute Gasteiger partial charge is 0.508 e. The van der Waals surface area contributed by atoms with Crippen LogP contribution < -0.4 is 48.3 Å². The minimum Gasteiger partial charge on any atom is -0.508 e. The maximum absolute atomic E-state index is 14.4. The zero-order valence-electron chi connectivity index (χ0n) is 49.5. The molecule has 3 aromatic rings. The number of phenols is 1. The SMILES string of the molecule is CCC(=O)NCCNC(=O)NC(N)=NCCC[C@@H](NC(=O)C(c1ccccc1)c1ccc(NCCCNC(=O)CN2CCC(NC(C=O)N3CCN(CC(=O)O)CCN(CC(=O)O)CCN(CC(=O)O)CC3)CC2)cc1)C(=O)NCc1ccc(O)cc1. The van der Waals surface area contributed by atoms with Crippen LogP contribution in [0, 0.1) is 0 Å². The van der Waals surface area contributed by atoms with E-state index in [9.17, 15) is 63.6 Å². The van der Waals surface area contributed by atoms with Crippen molar-refractivity contribution in [1.82, 2.24) is 61.7 Å². The summed E-state index contributed by atoms with van der Waals surface area (Å²) in [7, 11) is 0. The summed E-state index contributed by atoms with van der Waals surface area (Å²) in [5, 5.41) is 61.8. The number of carboxylic acid groups (broad SMARTS) is 3. The van der Waals surface area contributed by atoms with Crippen LogP contribution in [0.2, 0.25) is 0 Å². The molecule has 0 aromatic heterocycles. The standard InChI is InChI=1S/C59H87N15O13/c1-2-50(77)63-24-25-65-59(87)69-58(60)64-21-6-10-48(56(85)66-36-42-11-17-47(76)18-12-42)68-57(86)55(43-8-4-3-5-9-43)44-13-15-45(16-14-44)61-22-7-23-62-51(78)37-70-26-19-46(20-27-70)67-49(41-75)74-34-32-72(39-53(81)82)30-28-71(38-52(79)80)29-31-73(33-35-74)40-54(83)84/h3-5,8-9,11-18,41,46,48-49,55,61,67,76H,2,6-7,10,19-40H2,1H3,(H,62,78)(H,63,77)(H,66,85)(H,68,86)(H,79,80)(H,81,82)(H,83,84)(H4,60,64,65,69,87)/t48-,49?,55?/m1/s1. The van der Waals surface area contributed by atoms with Gasteiger partial charge >= 0.3 is 23.9 Å². The fourth-order valence-corrected chi connectivity index (χ4v) is 10.00. The zero-order valence-corrected chi connectivity index (χ0v) is 49.5. The van der Waals surface area contributed by atoms with Crippen LogP contribution in [0.3, 0.4) is 0 Å². The van der Waals surface area contributed by atoms with Crippen molar-refractivity contribution >= 4 is 65.5 Å². The number of hydrogen-bond acceptors (Lipinski definition) is 18. The number of likely N-dealkylation sites (tertiary alicyclic amines) is 1. The van der Waals surface area contributed by atoms with E-state index in [1.165, 1.54) is 12.1 Å². The second-order valence-corrected chi connectivity index (χ2v) is 21.4. The Balaban J connectivity index is 1.09. The van der Waals surface area contributed by atoms with Gasteiger partial charge in [0, 0.05) is 123 Å². The van der Waals surface area contributed by atoms with E-state index in [2.05, 4.69) is 52.4 Å². The lowest BCUT2D eigenvalue weighted by molar-refractivity contribution is -0.140. The molecular weight excluding hydrogens is 1130 g/mol. The highest BCUT2D eigenvalue weighted by atomic mass is 16.4. The van der Waals surface area contributed by atoms with Gasteiger partial charge in [0.05, 0.1) is 32.1 Å². The predicted molar refractivity (Wildman–Crippen MR) is 325 cm³/mol. The molecule has 2 heterocycles. The highest BCUT2D eigenvalue weighted by molar-refractivity contribution is 5.95. The number of guanidine groups is 1. The molecule has 3 atom stereocenters. The molecular formula is C59H87N15O13. The van der Waals surface area contributed by atoms with E-state index in [4.69, 9.17) is 5.73 Å². The normalized spacial score (nSPS) is 16.5. The molecule has 5 rings (SSSR count). The number of aldehydes is 1. The summed E-state index contributed by atoms with van der Waals surface area (Å²) in [5.74, 6) is -5.11. The second-order valence-electron chi connectivity index (χ2n) is 21.4. The van der Waals surface area contributed by atoms with Gasteiger partial charge in [-0.05, 0) is 73.1 Å². The monoisotopic (exact) mass is 1210 g/mol. The molecule has 0 spiro atoms. The first kappa shape index (κ1) is 69.5. The number of aliphatic imine (C=N–C) groups is 1. The Bertz CT molecular complexity index is 2670. The molecule has 0 aliphatic carbocycles. The third-order valence-electron chi connectivity index (χ3n) is 14.7. The molecule has 14 N–H and O–H groups in total. The first-order chi connectivity index (χ1) is 41.9. The van der Waals surface area contributed by atoms with Gasteiger partial charge in [-0.15, -0.1) is 0 Å². The highest BCUT2D eigenvalue weighted by Gasteiger charge is 2.30. The van der Waals surface area contributed by atoms with Crippen molar-refractivity contribution in [3.63, 3.8) is 0 Å². The van der Waals surface area contributed by atoms with Crippen LogP contribution in [0.15, 0.2) is 83.9 Å². The number of nitrogens with one attached hydrogen (secondary N) is 8. The molecule has 2 unspecified atom stereocenters. The minimum absolute atomic E-state index is 0.0617. The topological polar surface area (TPSA) is 385 Å². The third kappa shape index (κ3) is 26.9. The Morgan fingerprint density at radius 1 is 0.621 bits per heavy atom. The van der Waals surface area contributed by atoms with E-state index >= 15 is 0 Å². The molecule has 476 valence electrons. The molecule has 2 fully saturated rings. The Morgan fingerprint density at radius 3 is 1.75 bits per heavy atom. The van der Waals surface area contributed by atoms with Crippen LogP contribution in [0.1, 0.15) is 68.1 Å². The van der Waals surface area contributed by atoms with Gasteiger partial charge in [0.1, 0.15) is 18.0 Å². The van der Waals surface area contributed by atoms with Crippen LogP contribution in [-0.2, 0) is 44.9 Å². The number of piperidine rings is 1. The molecule has 2 aliphatic heterocycles. The van der Waals surface area contributed by atoms with Crippen LogP contribution >= 0.6 is 0 Å². The van der Waals surface area contributed by atoms with E-state index in [-0.39, 0.29) is 128 Å². The summed E-state index contributed by atoms with van der Waals surface area (Å²) < 4.78 is 0. The van der Waals surface area contributed by atoms with Gasteiger partial charge in [-0.25, -0.2) is 4.79 Å². The van der Waals surface area contributed by atoms with E-state index in [0.717, 1.165) is 17.5 Å². The number of aliphatic carboxylic acids is 3. The average Bonchev–Trinajstić information content (AvgIpc) is 2.90. The van der Waals surface area contributed by atoms with Crippen LogP contribution in [0.25, 0.3) is 0 Å². The number of rotatable bonds is 32. The molecule has 0 saturated carbocycles. The van der Waals surface area contributed by atoms with Crippen molar-refractivity contribution in [3.05, 3.63) is 95.6 Å². The molecule has 6 amide bonds. The third-order valence-corrected chi connectivity index (χ3v) is 14.7. The number of carbonyl (C=O) groups is 9. The minimum atomic E-state index is -1.04. The Hall–Kier alpha value is -8.28. The summed E-state index contributed by atoms with van der Waals surface area (Å²) in [6, 6.07) is 21.3. The zero-order chi connectivity index (χ0) is 62.9.